The summed E-state index contributed by atoms with van der Waals surface area (Å²) in [6.07, 6.45) is 3.47. The van der Waals surface area contributed by atoms with Gasteiger partial charge in [-0.15, -0.1) is 0 Å². The molecular formula is C21H19N5O. The molecule has 0 saturated carbocycles. The van der Waals surface area contributed by atoms with Gasteiger partial charge in [0.05, 0.1) is 23.5 Å². The maximum atomic E-state index is 9.53. The van der Waals surface area contributed by atoms with Crippen LogP contribution in [0.1, 0.15) is 23.0 Å². The number of para-hydroxylation sites is 2. The first-order valence-electron chi connectivity index (χ1n) is 8.89. The van der Waals surface area contributed by atoms with E-state index in [-0.39, 0.29) is 12.8 Å². The zero-order chi connectivity index (χ0) is 18.4. The van der Waals surface area contributed by atoms with Crippen LogP contribution in [0, 0.1) is 6.92 Å². The number of aromatic nitrogens is 3. The van der Waals surface area contributed by atoms with E-state index in [1.54, 1.807) is 6.20 Å². The largest absolute Gasteiger partial charge is 0.392 e. The van der Waals surface area contributed by atoms with Crippen molar-refractivity contribution in [2.45, 2.75) is 19.7 Å². The van der Waals surface area contributed by atoms with Crippen LogP contribution in [0.5, 0.6) is 0 Å². The van der Waals surface area contributed by atoms with Crippen molar-refractivity contribution in [1.29, 1.82) is 0 Å². The third-order valence-electron chi connectivity index (χ3n) is 5.19. The van der Waals surface area contributed by atoms with Gasteiger partial charge in [0.15, 0.2) is 0 Å². The molecule has 0 amide bonds. The molecule has 1 aliphatic heterocycles. The fraction of sp³-hybridized carbons (Fsp3) is 0.143. The van der Waals surface area contributed by atoms with Crippen molar-refractivity contribution in [2.24, 2.45) is 0 Å². The average molecular weight is 357 g/mol. The highest BCUT2D eigenvalue weighted by Gasteiger charge is 2.24. The minimum absolute atomic E-state index is 0.0138. The first-order chi connectivity index (χ1) is 13.2. The van der Waals surface area contributed by atoms with Gasteiger partial charge >= 0.3 is 0 Å². The third-order valence-corrected chi connectivity index (χ3v) is 5.19. The zero-order valence-electron chi connectivity index (χ0n) is 14.8. The molecule has 27 heavy (non-hydrogen) atoms. The quantitative estimate of drug-likeness (QED) is 0.446. The van der Waals surface area contributed by atoms with Crippen molar-refractivity contribution >= 4 is 22.3 Å². The van der Waals surface area contributed by atoms with E-state index in [9.17, 15) is 5.11 Å². The number of aliphatic hydroxyl groups excluding tert-OH is 1. The number of fused-ring (bicyclic) bond motifs is 2. The van der Waals surface area contributed by atoms with E-state index in [1.807, 2.05) is 31.3 Å². The Hall–Kier alpha value is -3.38. The van der Waals surface area contributed by atoms with Crippen molar-refractivity contribution in [3.8, 4) is 11.1 Å². The summed E-state index contributed by atoms with van der Waals surface area (Å²) in [5.41, 5.74) is 8.02. The number of nitrogens with zero attached hydrogens (tertiary/aromatic N) is 2. The van der Waals surface area contributed by atoms with Gasteiger partial charge in [0.2, 0.25) is 0 Å². The van der Waals surface area contributed by atoms with E-state index in [2.05, 4.69) is 50.1 Å². The standard InChI is InChI=1S/C21H19N5O/c1-12-14(11-27)9-22-10-16(12)13-6-7-17-15(8-13)20(26-25-17)21-23-18-4-2-3-5-19(18)24-21/h2-10,21,23-24,27H,11H2,1H3,(H,25,26). The lowest BCUT2D eigenvalue weighted by Crippen LogP contribution is -2.12. The molecule has 4 N–H and O–H groups in total. The Morgan fingerprint density at radius 1 is 1.04 bits per heavy atom. The molecule has 0 aliphatic carbocycles. The molecule has 0 unspecified atom stereocenters. The van der Waals surface area contributed by atoms with E-state index < -0.39 is 0 Å². The highest BCUT2D eigenvalue weighted by molar-refractivity contribution is 5.89. The number of aromatic amines is 1. The summed E-state index contributed by atoms with van der Waals surface area (Å²) in [5.74, 6) is 0. The van der Waals surface area contributed by atoms with Crippen molar-refractivity contribution in [3.05, 3.63) is 71.7 Å². The lowest BCUT2D eigenvalue weighted by Gasteiger charge is -2.12. The number of H-pyrrole nitrogens is 1. The van der Waals surface area contributed by atoms with Crippen LogP contribution in [-0.2, 0) is 6.61 Å². The normalized spacial score (nSPS) is 13.4. The smallest absolute Gasteiger partial charge is 0.143 e. The molecule has 4 aromatic rings. The second-order valence-electron chi connectivity index (χ2n) is 6.77. The fourth-order valence-corrected chi connectivity index (χ4v) is 3.66. The molecule has 0 spiro atoms. The predicted octanol–water partition coefficient (Wildman–Crippen LogP) is 3.96. The van der Waals surface area contributed by atoms with Crippen molar-refractivity contribution in [3.63, 3.8) is 0 Å². The molecule has 3 heterocycles. The van der Waals surface area contributed by atoms with Gasteiger partial charge in [0.1, 0.15) is 11.9 Å². The molecule has 0 bridgehead atoms. The Morgan fingerprint density at radius 3 is 2.56 bits per heavy atom. The lowest BCUT2D eigenvalue weighted by atomic mass is 9.98. The summed E-state index contributed by atoms with van der Waals surface area (Å²) in [6, 6.07) is 14.4. The number of hydrogen-bond acceptors (Lipinski definition) is 5. The van der Waals surface area contributed by atoms with E-state index >= 15 is 0 Å². The number of rotatable bonds is 3. The third kappa shape index (κ3) is 2.53. The molecule has 6 nitrogen and oxygen atoms in total. The van der Waals surface area contributed by atoms with Gasteiger partial charge in [-0.05, 0) is 47.9 Å². The minimum atomic E-state index is -0.0885. The van der Waals surface area contributed by atoms with Crippen LogP contribution in [0.3, 0.4) is 0 Å². The number of anilines is 2. The Labute approximate surface area is 156 Å². The van der Waals surface area contributed by atoms with Crippen LogP contribution in [0.2, 0.25) is 0 Å². The Morgan fingerprint density at radius 2 is 1.81 bits per heavy atom. The van der Waals surface area contributed by atoms with Gasteiger partial charge in [-0.2, -0.15) is 5.10 Å². The van der Waals surface area contributed by atoms with Crippen LogP contribution in [0.4, 0.5) is 11.4 Å². The molecule has 0 radical (unpaired) electrons. The van der Waals surface area contributed by atoms with Gasteiger partial charge in [-0.3, -0.25) is 10.1 Å². The molecule has 0 saturated heterocycles. The molecule has 0 atom stereocenters. The second-order valence-corrected chi connectivity index (χ2v) is 6.77. The van der Waals surface area contributed by atoms with Crippen LogP contribution in [-0.4, -0.2) is 20.3 Å². The Bertz CT molecular complexity index is 1130. The van der Waals surface area contributed by atoms with Gasteiger partial charge in [0.25, 0.3) is 0 Å². The summed E-state index contributed by atoms with van der Waals surface area (Å²) in [6.45, 7) is 2.00. The average Bonchev–Trinajstić information content (AvgIpc) is 3.31. The number of hydrogen-bond donors (Lipinski definition) is 4. The van der Waals surface area contributed by atoms with Crippen LogP contribution >= 0.6 is 0 Å². The number of pyridine rings is 1. The monoisotopic (exact) mass is 357 g/mol. The number of nitrogens with one attached hydrogen (secondary N) is 3. The summed E-state index contributed by atoms with van der Waals surface area (Å²) < 4.78 is 0. The van der Waals surface area contributed by atoms with E-state index in [0.717, 1.165) is 50.2 Å². The van der Waals surface area contributed by atoms with E-state index in [0.29, 0.717) is 0 Å². The summed E-state index contributed by atoms with van der Waals surface area (Å²) in [5, 5.41) is 25.2. The lowest BCUT2D eigenvalue weighted by molar-refractivity contribution is 0.280. The first kappa shape index (κ1) is 15.8. The van der Waals surface area contributed by atoms with Crippen LogP contribution in [0.25, 0.3) is 22.0 Å². The van der Waals surface area contributed by atoms with Crippen molar-refractivity contribution in [2.75, 3.05) is 10.6 Å². The Balaban J connectivity index is 1.58. The number of aliphatic hydroxyl groups is 1. The van der Waals surface area contributed by atoms with Gasteiger partial charge in [-0.25, -0.2) is 0 Å². The molecule has 2 aromatic carbocycles. The predicted molar refractivity (Wildman–Crippen MR) is 106 cm³/mol. The molecule has 6 heteroatoms. The second kappa shape index (κ2) is 6.10. The summed E-state index contributed by atoms with van der Waals surface area (Å²) >= 11 is 0. The molecule has 134 valence electrons. The molecule has 0 fully saturated rings. The van der Waals surface area contributed by atoms with Crippen molar-refractivity contribution < 1.29 is 5.11 Å². The Kier molecular flexibility index (Phi) is 3.58. The molecular weight excluding hydrogens is 338 g/mol. The minimum Gasteiger partial charge on any atom is -0.392 e. The molecule has 1 aliphatic rings. The van der Waals surface area contributed by atoms with Crippen molar-refractivity contribution in [1.82, 2.24) is 15.2 Å². The summed E-state index contributed by atoms with van der Waals surface area (Å²) in [4.78, 5) is 4.28. The first-order valence-corrected chi connectivity index (χ1v) is 8.89. The number of benzene rings is 2. The van der Waals surface area contributed by atoms with E-state index in [1.165, 1.54) is 0 Å². The maximum Gasteiger partial charge on any atom is 0.143 e. The topological polar surface area (TPSA) is 85.9 Å². The van der Waals surface area contributed by atoms with Gasteiger partial charge in [-0.1, -0.05) is 18.2 Å². The zero-order valence-corrected chi connectivity index (χ0v) is 14.8. The molecule has 2 aromatic heterocycles. The van der Waals surface area contributed by atoms with Crippen LogP contribution in [0.15, 0.2) is 54.9 Å². The van der Waals surface area contributed by atoms with E-state index in [4.69, 9.17) is 0 Å². The van der Waals surface area contributed by atoms with Gasteiger partial charge < -0.3 is 15.7 Å². The van der Waals surface area contributed by atoms with Gasteiger partial charge in [0, 0.05) is 23.3 Å². The van der Waals surface area contributed by atoms with Crippen LogP contribution < -0.4 is 10.6 Å². The summed E-state index contributed by atoms with van der Waals surface area (Å²) in [7, 11) is 0. The maximum absolute atomic E-state index is 9.53. The fourth-order valence-electron chi connectivity index (χ4n) is 3.66. The SMILES string of the molecule is Cc1c(CO)cncc1-c1ccc2[nH]nc(C3Nc4ccccc4N3)c2c1. The highest BCUT2D eigenvalue weighted by atomic mass is 16.3. The molecule has 5 rings (SSSR count). The highest BCUT2D eigenvalue weighted by Crippen LogP contribution is 2.37.